The van der Waals surface area contributed by atoms with Crippen LogP contribution in [0.25, 0.3) is 10.9 Å². The van der Waals surface area contributed by atoms with Crippen LogP contribution in [-0.4, -0.2) is 55.1 Å². The fourth-order valence-electron chi connectivity index (χ4n) is 4.09. The summed E-state index contributed by atoms with van der Waals surface area (Å²) in [7, 11) is 0. The maximum atomic E-state index is 12.2. The molecule has 0 unspecified atom stereocenters. The van der Waals surface area contributed by atoms with Gasteiger partial charge in [-0.2, -0.15) is 0 Å². The molecule has 4 rings (SSSR count). The Morgan fingerprint density at radius 1 is 0.966 bits per heavy atom. The summed E-state index contributed by atoms with van der Waals surface area (Å²) < 4.78 is 0. The van der Waals surface area contributed by atoms with Crippen molar-refractivity contribution in [2.75, 3.05) is 44.2 Å². The van der Waals surface area contributed by atoms with Crippen molar-refractivity contribution in [3.8, 4) is 0 Å². The minimum absolute atomic E-state index is 0.160. The van der Waals surface area contributed by atoms with Crippen LogP contribution in [0.1, 0.15) is 18.4 Å². The Morgan fingerprint density at radius 3 is 2.55 bits per heavy atom. The lowest BCUT2D eigenvalue weighted by molar-refractivity contribution is -0.121. The molecule has 1 fully saturated rings. The number of H-pyrrole nitrogens is 1. The number of aromatic nitrogens is 1. The van der Waals surface area contributed by atoms with Crippen molar-refractivity contribution in [3.05, 3.63) is 66.4 Å². The Morgan fingerprint density at radius 2 is 1.72 bits per heavy atom. The number of amides is 1. The highest BCUT2D eigenvalue weighted by atomic mass is 16.1. The van der Waals surface area contributed by atoms with Crippen LogP contribution in [0.5, 0.6) is 0 Å². The number of hydrogen-bond donors (Lipinski definition) is 2. The highest BCUT2D eigenvalue weighted by Gasteiger charge is 2.16. The topological polar surface area (TPSA) is 51.4 Å². The van der Waals surface area contributed by atoms with Crippen LogP contribution in [0.15, 0.2) is 60.8 Å². The van der Waals surface area contributed by atoms with Crippen LogP contribution in [0.2, 0.25) is 0 Å². The van der Waals surface area contributed by atoms with E-state index in [0.29, 0.717) is 6.42 Å². The molecule has 2 aromatic carbocycles. The molecule has 5 nitrogen and oxygen atoms in total. The molecule has 0 bridgehead atoms. The molecule has 1 amide bonds. The summed E-state index contributed by atoms with van der Waals surface area (Å²) in [5.74, 6) is 0.160. The zero-order chi connectivity index (χ0) is 19.9. The molecule has 1 aromatic heterocycles. The van der Waals surface area contributed by atoms with Gasteiger partial charge in [-0.25, -0.2) is 0 Å². The number of aryl methyl sites for hydroxylation is 1. The van der Waals surface area contributed by atoms with Crippen molar-refractivity contribution >= 4 is 22.5 Å². The number of carbonyl (C=O) groups is 1. The number of aromatic amines is 1. The van der Waals surface area contributed by atoms with E-state index in [-0.39, 0.29) is 5.91 Å². The summed E-state index contributed by atoms with van der Waals surface area (Å²) in [5, 5.41) is 4.35. The van der Waals surface area contributed by atoms with Gasteiger partial charge in [0.2, 0.25) is 5.91 Å². The summed E-state index contributed by atoms with van der Waals surface area (Å²) in [6.07, 6.45) is 4.46. The predicted octanol–water partition coefficient (Wildman–Crippen LogP) is 3.43. The lowest BCUT2D eigenvalue weighted by Crippen LogP contribution is -2.48. The minimum atomic E-state index is 0.160. The number of nitrogens with one attached hydrogen (secondary N) is 2. The first-order chi connectivity index (χ1) is 14.3. The highest BCUT2D eigenvalue weighted by molar-refractivity contribution is 5.83. The van der Waals surface area contributed by atoms with E-state index in [4.69, 9.17) is 0 Å². The Labute approximate surface area is 172 Å². The average Bonchev–Trinajstić information content (AvgIpc) is 3.18. The third-order valence-electron chi connectivity index (χ3n) is 5.77. The number of hydrogen-bond acceptors (Lipinski definition) is 3. The number of anilines is 1. The van der Waals surface area contributed by atoms with Crippen molar-refractivity contribution < 1.29 is 4.79 Å². The van der Waals surface area contributed by atoms with Crippen molar-refractivity contribution in [3.63, 3.8) is 0 Å². The molecule has 29 heavy (non-hydrogen) atoms. The van der Waals surface area contributed by atoms with Gasteiger partial charge in [0.05, 0.1) is 0 Å². The molecule has 5 heteroatoms. The van der Waals surface area contributed by atoms with Crippen LogP contribution in [-0.2, 0) is 11.2 Å². The second-order valence-corrected chi connectivity index (χ2v) is 7.73. The predicted molar refractivity (Wildman–Crippen MR) is 119 cm³/mol. The van der Waals surface area contributed by atoms with Gasteiger partial charge in [-0.15, -0.1) is 0 Å². The first-order valence-corrected chi connectivity index (χ1v) is 10.6. The van der Waals surface area contributed by atoms with Crippen molar-refractivity contribution in [1.82, 2.24) is 15.2 Å². The molecule has 0 aliphatic carbocycles. The van der Waals surface area contributed by atoms with Gasteiger partial charge in [0.1, 0.15) is 0 Å². The molecule has 0 saturated carbocycles. The lowest BCUT2D eigenvalue weighted by Gasteiger charge is -2.36. The molecule has 0 radical (unpaired) electrons. The van der Waals surface area contributed by atoms with E-state index in [1.54, 1.807) is 0 Å². The molecule has 1 saturated heterocycles. The SMILES string of the molecule is O=C(CCCc1c[nH]c2ccccc12)NCCN1CCN(c2ccccc2)CC1. The number of benzene rings is 2. The molecule has 1 aliphatic rings. The van der Waals surface area contributed by atoms with Crippen molar-refractivity contribution in [2.45, 2.75) is 19.3 Å². The van der Waals surface area contributed by atoms with Crippen LogP contribution < -0.4 is 10.2 Å². The van der Waals surface area contributed by atoms with E-state index in [1.165, 1.54) is 22.2 Å². The lowest BCUT2D eigenvalue weighted by atomic mass is 10.1. The van der Waals surface area contributed by atoms with E-state index in [0.717, 1.165) is 52.1 Å². The van der Waals surface area contributed by atoms with Crippen LogP contribution >= 0.6 is 0 Å². The number of carbonyl (C=O) groups excluding carboxylic acids is 1. The first kappa shape index (κ1) is 19.5. The van der Waals surface area contributed by atoms with Gasteiger partial charge in [0.15, 0.2) is 0 Å². The molecule has 2 N–H and O–H groups in total. The van der Waals surface area contributed by atoms with Gasteiger partial charge < -0.3 is 15.2 Å². The van der Waals surface area contributed by atoms with Gasteiger partial charge in [0, 0.05) is 68.5 Å². The first-order valence-electron chi connectivity index (χ1n) is 10.6. The second kappa shape index (κ2) is 9.61. The molecule has 0 atom stereocenters. The molecule has 152 valence electrons. The highest BCUT2D eigenvalue weighted by Crippen LogP contribution is 2.19. The zero-order valence-electron chi connectivity index (χ0n) is 16.9. The van der Waals surface area contributed by atoms with Gasteiger partial charge in [-0.3, -0.25) is 9.69 Å². The monoisotopic (exact) mass is 390 g/mol. The smallest absolute Gasteiger partial charge is 0.220 e. The molecule has 3 aromatic rings. The Kier molecular flexibility index (Phi) is 6.47. The molecular weight excluding hydrogens is 360 g/mol. The average molecular weight is 391 g/mol. The molecule has 0 spiro atoms. The van der Waals surface area contributed by atoms with E-state index in [9.17, 15) is 4.79 Å². The van der Waals surface area contributed by atoms with Crippen LogP contribution in [0.3, 0.4) is 0 Å². The number of nitrogens with zero attached hydrogens (tertiary/aromatic N) is 2. The summed E-state index contributed by atoms with van der Waals surface area (Å²) >= 11 is 0. The number of piperazine rings is 1. The van der Waals surface area contributed by atoms with Crippen molar-refractivity contribution in [2.24, 2.45) is 0 Å². The standard InChI is InChI=1S/C24H30N4O/c29-24(12-6-7-20-19-26-23-11-5-4-10-22(20)23)25-13-14-27-15-17-28(18-16-27)21-8-2-1-3-9-21/h1-5,8-11,19,26H,6-7,12-18H2,(H,25,29). The van der Waals surface area contributed by atoms with E-state index >= 15 is 0 Å². The third-order valence-corrected chi connectivity index (χ3v) is 5.77. The van der Waals surface area contributed by atoms with Crippen molar-refractivity contribution in [1.29, 1.82) is 0 Å². The summed E-state index contributed by atoms with van der Waals surface area (Å²) in [4.78, 5) is 20.3. The quantitative estimate of drug-likeness (QED) is 0.620. The summed E-state index contributed by atoms with van der Waals surface area (Å²) in [5.41, 5.74) is 3.76. The summed E-state index contributed by atoms with van der Waals surface area (Å²) in [6.45, 7) is 5.84. The minimum Gasteiger partial charge on any atom is -0.369 e. The third kappa shape index (κ3) is 5.18. The van der Waals surface area contributed by atoms with Gasteiger partial charge in [-0.05, 0) is 36.6 Å². The molecular formula is C24H30N4O. The van der Waals surface area contributed by atoms with E-state index in [1.807, 2.05) is 6.07 Å². The Bertz CT molecular complexity index is 913. The van der Waals surface area contributed by atoms with E-state index in [2.05, 4.69) is 74.8 Å². The maximum absolute atomic E-state index is 12.2. The fraction of sp³-hybridized carbons (Fsp3) is 0.375. The number of rotatable bonds is 8. The Hall–Kier alpha value is -2.79. The normalized spacial score (nSPS) is 15.0. The largest absolute Gasteiger partial charge is 0.369 e. The maximum Gasteiger partial charge on any atom is 0.220 e. The summed E-state index contributed by atoms with van der Waals surface area (Å²) in [6, 6.07) is 18.9. The second-order valence-electron chi connectivity index (χ2n) is 7.73. The molecule has 2 heterocycles. The van der Waals surface area contributed by atoms with Crippen LogP contribution in [0, 0.1) is 0 Å². The molecule has 1 aliphatic heterocycles. The Balaban J connectivity index is 1.11. The number of para-hydroxylation sites is 2. The van der Waals surface area contributed by atoms with Gasteiger partial charge >= 0.3 is 0 Å². The van der Waals surface area contributed by atoms with E-state index < -0.39 is 0 Å². The fourth-order valence-corrected chi connectivity index (χ4v) is 4.09. The number of fused-ring (bicyclic) bond motifs is 1. The van der Waals surface area contributed by atoms with Gasteiger partial charge in [0.25, 0.3) is 0 Å². The zero-order valence-corrected chi connectivity index (χ0v) is 16.9. The van der Waals surface area contributed by atoms with Crippen LogP contribution in [0.4, 0.5) is 5.69 Å². The van der Waals surface area contributed by atoms with Gasteiger partial charge in [-0.1, -0.05) is 36.4 Å².